The summed E-state index contributed by atoms with van der Waals surface area (Å²) >= 11 is 0. The molecular weight excluding hydrogens is 266 g/mol. The molecule has 0 saturated heterocycles. The molecule has 0 atom stereocenters. The van der Waals surface area contributed by atoms with Gasteiger partial charge < -0.3 is 16.4 Å². The number of hydrogen-bond acceptors (Lipinski definition) is 3. The maximum absolute atomic E-state index is 11.9. The Balaban J connectivity index is 1.49. The van der Waals surface area contributed by atoms with Crippen LogP contribution in [0.4, 0.5) is 5.69 Å². The number of anilines is 1. The van der Waals surface area contributed by atoms with E-state index in [9.17, 15) is 9.59 Å². The molecule has 0 aromatic heterocycles. The van der Waals surface area contributed by atoms with Gasteiger partial charge in [0, 0.05) is 18.2 Å². The van der Waals surface area contributed by atoms with Crippen LogP contribution >= 0.6 is 0 Å². The Bertz CT molecular complexity index is 545. The molecule has 1 aromatic rings. The smallest absolute Gasteiger partial charge is 0.240 e. The first-order valence-corrected chi connectivity index (χ1v) is 7.54. The Hall–Kier alpha value is -1.88. The van der Waals surface area contributed by atoms with Crippen LogP contribution in [0.3, 0.4) is 0 Å². The van der Waals surface area contributed by atoms with Crippen molar-refractivity contribution in [3.63, 3.8) is 0 Å². The first-order chi connectivity index (χ1) is 10.1. The molecule has 0 radical (unpaired) electrons. The van der Waals surface area contributed by atoms with Crippen molar-refractivity contribution >= 4 is 17.5 Å². The molecule has 2 aliphatic carbocycles. The number of amides is 2. The van der Waals surface area contributed by atoms with E-state index in [1.807, 2.05) is 24.3 Å². The minimum atomic E-state index is -0.655. The second kappa shape index (κ2) is 5.48. The second-order valence-electron chi connectivity index (χ2n) is 6.15. The lowest BCUT2D eigenvalue weighted by Crippen LogP contribution is -2.58. The summed E-state index contributed by atoms with van der Waals surface area (Å²) < 4.78 is 0. The molecule has 2 aliphatic rings. The third kappa shape index (κ3) is 3.24. The Kier molecular flexibility index (Phi) is 3.68. The number of hydrogen-bond donors (Lipinski definition) is 3. The normalized spacial score (nSPS) is 19.5. The van der Waals surface area contributed by atoms with Gasteiger partial charge in [-0.2, -0.15) is 0 Å². The van der Waals surface area contributed by atoms with Crippen LogP contribution in [0.1, 0.15) is 37.7 Å². The molecule has 0 unspecified atom stereocenters. The van der Waals surface area contributed by atoms with E-state index < -0.39 is 5.54 Å². The van der Waals surface area contributed by atoms with Crippen LogP contribution in [0.2, 0.25) is 0 Å². The van der Waals surface area contributed by atoms with E-state index >= 15 is 0 Å². The van der Waals surface area contributed by atoms with E-state index in [2.05, 4.69) is 10.6 Å². The van der Waals surface area contributed by atoms with Gasteiger partial charge in [0.25, 0.3) is 0 Å². The number of nitrogens with one attached hydrogen (secondary N) is 2. The summed E-state index contributed by atoms with van der Waals surface area (Å²) in [7, 11) is 0. The fraction of sp³-hybridized carbons (Fsp3) is 0.500. The van der Waals surface area contributed by atoms with Gasteiger partial charge in [0.1, 0.15) is 0 Å². The molecule has 3 rings (SSSR count). The lowest BCUT2D eigenvalue weighted by Gasteiger charge is -2.36. The number of benzene rings is 1. The maximum Gasteiger partial charge on any atom is 0.240 e. The number of carbonyl (C=O) groups is 2. The molecule has 4 N–H and O–H groups in total. The zero-order valence-corrected chi connectivity index (χ0v) is 12.0. The Morgan fingerprint density at radius 1 is 1.19 bits per heavy atom. The molecule has 2 fully saturated rings. The maximum atomic E-state index is 11.9. The first-order valence-electron chi connectivity index (χ1n) is 7.54. The highest BCUT2D eigenvalue weighted by atomic mass is 16.2. The summed E-state index contributed by atoms with van der Waals surface area (Å²) in [6.07, 6.45) is 4.56. The summed E-state index contributed by atoms with van der Waals surface area (Å²) in [6, 6.07) is 7.55. The minimum absolute atomic E-state index is 0.0696. The van der Waals surface area contributed by atoms with Crippen LogP contribution in [-0.4, -0.2) is 17.4 Å². The van der Waals surface area contributed by atoms with Crippen molar-refractivity contribution in [3.8, 4) is 0 Å². The van der Waals surface area contributed by atoms with Crippen molar-refractivity contribution < 1.29 is 9.59 Å². The average molecular weight is 287 g/mol. The Morgan fingerprint density at radius 2 is 1.86 bits per heavy atom. The lowest BCUT2D eigenvalue weighted by atomic mass is 9.77. The summed E-state index contributed by atoms with van der Waals surface area (Å²) in [5, 5.41) is 5.77. The van der Waals surface area contributed by atoms with Crippen molar-refractivity contribution in [3.05, 3.63) is 29.8 Å². The largest absolute Gasteiger partial charge is 0.350 e. The molecule has 1 aromatic carbocycles. The number of carbonyl (C=O) groups excluding carboxylic acids is 2. The molecular formula is C16H21N3O2. The molecule has 5 nitrogen and oxygen atoms in total. The molecule has 112 valence electrons. The van der Waals surface area contributed by atoms with Gasteiger partial charge in [-0.25, -0.2) is 0 Å². The number of nitrogens with two attached hydrogens (primary N) is 1. The zero-order chi connectivity index (χ0) is 14.9. The quantitative estimate of drug-likeness (QED) is 0.768. The Labute approximate surface area is 124 Å². The van der Waals surface area contributed by atoms with Gasteiger partial charge >= 0.3 is 0 Å². The second-order valence-corrected chi connectivity index (χ2v) is 6.15. The van der Waals surface area contributed by atoms with Crippen LogP contribution in [0, 0.1) is 5.92 Å². The molecule has 0 bridgehead atoms. The number of rotatable bonds is 5. The van der Waals surface area contributed by atoms with Gasteiger partial charge in [-0.3, -0.25) is 9.59 Å². The van der Waals surface area contributed by atoms with Gasteiger partial charge in [-0.15, -0.1) is 0 Å². The van der Waals surface area contributed by atoms with Crippen molar-refractivity contribution in [2.24, 2.45) is 11.7 Å². The van der Waals surface area contributed by atoms with Crippen LogP contribution < -0.4 is 16.4 Å². The highest BCUT2D eigenvalue weighted by Gasteiger charge is 2.39. The van der Waals surface area contributed by atoms with E-state index in [4.69, 9.17) is 5.73 Å². The summed E-state index contributed by atoms with van der Waals surface area (Å²) in [5.74, 6) is 0.234. The van der Waals surface area contributed by atoms with Crippen molar-refractivity contribution in [1.82, 2.24) is 5.32 Å². The molecule has 0 aliphatic heterocycles. The third-order valence-electron chi connectivity index (χ3n) is 4.32. The molecule has 5 heteroatoms. The molecule has 2 amide bonds. The summed E-state index contributed by atoms with van der Waals surface area (Å²) in [4.78, 5) is 23.6. The summed E-state index contributed by atoms with van der Waals surface area (Å²) in [6.45, 7) is 0.467. The van der Waals surface area contributed by atoms with Gasteiger partial charge in [-0.05, 0) is 49.8 Å². The third-order valence-corrected chi connectivity index (χ3v) is 4.32. The fourth-order valence-corrected chi connectivity index (χ4v) is 2.44. The van der Waals surface area contributed by atoms with Crippen LogP contribution in [-0.2, 0) is 16.1 Å². The monoisotopic (exact) mass is 287 g/mol. The lowest BCUT2D eigenvalue weighted by molar-refractivity contribution is -0.129. The predicted molar refractivity (Wildman–Crippen MR) is 80.4 cm³/mol. The SMILES string of the molecule is NC1(C(=O)NCc2ccc(NC(=O)C3CC3)cc2)CCC1. The van der Waals surface area contributed by atoms with E-state index in [0.29, 0.717) is 6.54 Å². The van der Waals surface area contributed by atoms with Gasteiger partial charge in [0.05, 0.1) is 5.54 Å². The van der Waals surface area contributed by atoms with Crippen LogP contribution in [0.25, 0.3) is 0 Å². The zero-order valence-electron chi connectivity index (χ0n) is 12.0. The van der Waals surface area contributed by atoms with E-state index in [1.54, 1.807) is 0 Å². The van der Waals surface area contributed by atoms with Gasteiger partial charge in [0.15, 0.2) is 0 Å². The topological polar surface area (TPSA) is 84.2 Å². The molecule has 2 saturated carbocycles. The van der Waals surface area contributed by atoms with Crippen LogP contribution in [0.5, 0.6) is 0 Å². The predicted octanol–water partition coefficient (Wildman–Crippen LogP) is 1.53. The van der Waals surface area contributed by atoms with Crippen molar-refractivity contribution in [2.45, 2.75) is 44.2 Å². The van der Waals surface area contributed by atoms with Gasteiger partial charge in [0.2, 0.25) is 11.8 Å². The van der Waals surface area contributed by atoms with Crippen molar-refractivity contribution in [2.75, 3.05) is 5.32 Å². The Morgan fingerprint density at radius 3 is 2.38 bits per heavy atom. The molecule has 0 spiro atoms. The van der Waals surface area contributed by atoms with Gasteiger partial charge in [-0.1, -0.05) is 12.1 Å². The van der Waals surface area contributed by atoms with E-state index in [1.165, 1.54) is 0 Å². The fourth-order valence-electron chi connectivity index (χ4n) is 2.44. The summed E-state index contributed by atoms with van der Waals surface area (Å²) in [5.41, 5.74) is 7.11. The minimum Gasteiger partial charge on any atom is -0.350 e. The molecule has 0 heterocycles. The van der Waals surface area contributed by atoms with E-state index in [-0.39, 0.29) is 17.7 Å². The van der Waals surface area contributed by atoms with Crippen molar-refractivity contribution in [1.29, 1.82) is 0 Å². The van der Waals surface area contributed by atoms with Crippen LogP contribution in [0.15, 0.2) is 24.3 Å². The average Bonchev–Trinajstić information content (AvgIpc) is 3.28. The molecule has 21 heavy (non-hydrogen) atoms. The standard InChI is InChI=1S/C16H21N3O2/c17-16(8-1-9-16)15(21)18-10-11-2-6-13(7-3-11)19-14(20)12-4-5-12/h2-3,6-7,12H,1,4-5,8-10,17H2,(H,18,21)(H,19,20). The van der Waals surface area contributed by atoms with E-state index in [0.717, 1.165) is 43.4 Å². The first kappa shape index (κ1) is 14.1. The highest BCUT2D eigenvalue weighted by Crippen LogP contribution is 2.30. The highest BCUT2D eigenvalue weighted by molar-refractivity contribution is 5.94.